The summed E-state index contributed by atoms with van der Waals surface area (Å²) in [5.74, 6) is 0. The van der Waals surface area contributed by atoms with Gasteiger partial charge >= 0.3 is 6.03 Å². The average molecular weight is 185 g/mol. The molecule has 0 spiro atoms. The molecule has 0 saturated carbocycles. The van der Waals surface area contributed by atoms with Crippen molar-refractivity contribution >= 4 is 6.03 Å². The van der Waals surface area contributed by atoms with Gasteiger partial charge in [0, 0.05) is 12.6 Å². The van der Waals surface area contributed by atoms with Gasteiger partial charge < -0.3 is 16.4 Å². The molecule has 1 unspecified atom stereocenters. The van der Waals surface area contributed by atoms with Crippen LogP contribution in [-0.4, -0.2) is 25.2 Å². The number of carbonyl (C=O) groups excluding carboxylic acids is 1. The van der Waals surface area contributed by atoms with E-state index in [0.717, 1.165) is 6.54 Å². The lowest BCUT2D eigenvalue weighted by atomic mass is 9.77. The molecule has 4 heteroatoms. The van der Waals surface area contributed by atoms with Crippen molar-refractivity contribution in [2.75, 3.05) is 13.1 Å². The second-order valence-corrected chi connectivity index (χ2v) is 4.34. The summed E-state index contributed by atoms with van der Waals surface area (Å²) in [5, 5.41) is 6.04. The lowest BCUT2D eigenvalue weighted by Gasteiger charge is -2.39. The van der Waals surface area contributed by atoms with Crippen molar-refractivity contribution in [1.29, 1.82) is 0 Å². The number of primary amides is 1. The molecule has 1 saturated heterocycles. The highest BCUT2D eigenvalue weighted by Crippen LogP contribution is 2.29. The minimum atomic E-state index is -0.442. The molecule has 1 rings (SSSR count). The summed E-state index contributed by atoms with van der Waals surface area (Å²) < 4.78 is 0. The van der Waals surface area contributed by atoms with Crippen LogP contribution >= 0.6 is 0 Å². The van der Waals surface area contributed by atoms with Crippen LogP contribution in [0.15, 0.2) is 0 Å². The van der Waals surface area contributed by atoms with E-state index in [4.69, 9.17) is 5.73 Å². The summed E-state index contributed by atoms with van der Waals surface area (Å²) in [6, 6.07) is -0.100. The minimum absolute atomic E-state index is 0.251. The lowest BCUT2D eigenvalue weighted by molar-refractivity contribution is 0.176. The number of carbonyl (C=O) groups is 1. The van der Waals surface area contributed by atoms with E-state index in [0.29, 0.717) is 12.6 Å². The van der Waals surface area contributed by atoms with E-state index in [1.165, 1.54) is 12.8 Å². The van der Waals surface area contributed by atoms with E-state index in [9.17, 15) is 4.79 Å². The van der Waals surface area contributed by atoms with Crippen molar-refractivity contribution in [3.8, 4) is 0 Å². The van der Waals surface area contributed by atoms with Gasteiger partial charge in [-0.3, -0.25) is 0 Å². The van der Waals surface area contributed by atoms with Crippen molar-refractivity contribution < 1.29 is 4.79 Å². The molecule has 0 aliphatic carbocycles. The zero-order valence-corrected chi connectivity index (χ0v) is 8.39. The van der Waals surface area contributed by atoms with Crippen LogP contribution in [0.2, 0.25) is 0 Å². The highest BCUT2D eigenvalue weighted by molar-refractivity contribution is 5.71. The Labute approximate surface area is 79.3 Å². The molecule has 0 aromatic rings. The first-order valence-corrected chi connectivity index (χ1v) is 4.79. The van der Waals surface area contributed by atoms with Gasteiger partial charge in [0.15, 0.2) is 0 Å². The van der Waals surface area contributed by atoms with E-state index in [-0.39, 0.29) is 5.41 Å². The molecule has 2 amide bonds. The molecular weight excluding hydrogens is 166 g/mol. The Morgan fingerprint density at radius 3 is 2.92 bits per heavy atom. The van der Waals surface area contributed by atoms with E-state index in [1.807, 2.05) is 0 Å². The fourth-order valence-corrected chi connectivity index (χ4v) is 1.82. The molecule has 13 heavy (non-hydrogen) atoms. The van der Waals surface area contributed by atoms with Gasteiger partial charge in [-0.25, -0.2) is 4.79 Å². The third-order valence-corrected chi connectivity index (χ3v) is 2.81. The van der Waals surface area contributed by atoms with Crippen molar-refractivity contribution in [3.05, 3.63) is 0 Å². The van der Waals surface area contributed by atoms with E-state index in [1.54, 1.807) is 0 Å². The van der Waals surface area contributed by atoms with Crippen LogP contribution in [0.5, 0.6) is 0 Å². The van der Waals surface area contributed by atoms with Gasteiger partial charge in [0.1, 0.15) is 0 Å². The number of piperidine rings is 1. The monoisotopic (exact) mass is 185 g/mol. The second-order valence-electron chi connectivity index (χ2n) is 4.34. The normalized spacial score (nSPS) is 26.8. The predicted octanol–water partition coefficient (Wildman–Crippen LogP) is 0.433. The molecule has 4 N–H and O–H groups in total. The number of rotatable bonds is 2. The largest absolute Gasteiger partial charge is 0.352 e. The SMILES string of the molecule is CC1(C)CCCNC1CNC(N)=O. The van der Waals surface area contributed by atoms with Crippen LogP contribution in [0.25, 0.3) is 0 Å². The van der Waals surface area contributed by atoms with Gasteiger partial charge in [-0.1, -0.05) is 13.8 Å². The summed E-state index contributed by atoms with van der Waals surface area (Å²) in [4.78, 5) is 10.5. The fourth-order valence-electron chi connectivity index (χ4n) is 1.82. The first-order valence-electron chi connectivity index (χ1n) is 4.79. The number of nitrogens with one attached hydrogen (secondary N) is 2. The van der Waals surface area contributed by atoms with Crippen LogP contribution in [0.1, 0.15) is 26.7 Å². The number of amides is 2. The van der Waals surface area contributed by atoms with Crippen LogP contribution in [-0.2, 0) is 0 Å². The molecule has 1 aliphatic rings. The van der Waals surface area contributed by atoms with Crippen LogP contribution in [0, 0.1) is 5.41 Å². The van der Waals surface area contributed by atoms with Crippen molar-refractivity contribution in [1.82, 2.24) is 10.6 Å². The third-order valence-electron chi connectivity index (χ3n) is 2.81. The Hall–Kier alpha value is -0.770. The maximum absolute atomic E-state index is 10.5. The highest BCUT2D eigenvalue weighted by Gasteiger charge is 2.31. The average Bonchev–Trinajstić information content (AvgIpc) is 2.01. The quantitative estimate of drug-likeness (QED) is 0.584. The molecule has 0 aromatic carbocycles. The van der Waals surface area contributed by atoms with Gasteiger partial charge in [-0.05, 0) is 24.8 Å². The van der Waals surface area contributed by atoms with Crippen LogP contribution < -0.4 is 16.4 Å². The lowest BCUT2D eigenvalue weighted by Crippen LogP contribution is -2.53. The van der Waals surface area contributed by atoms with Gasteiger partial charge in [0.2, 0.25) is 0 Å². The van der Waals surface area contributed by atoms with E-state index < -0.39 is 6.03 Å². The Morgan fingerprint density at radius 2 is 2.38 bits per heavy atom. The molecule has 1 atom stereocenters. The third kappa shape index (κ3) is 2.88. The fraction of sp³-hybridized carbons (Fsp3) is 0.889. The van der Waals surface area contributed by atoms with Gasteiger partial charge in [-0.2, -0.15) is 0 Å². The van der Waals surface area contributed by atoms with Crippen LogP contribution in [0.4, 0.5) is 4.79 Å². The minimum Gasteiger partial charge on any atom is -0.352 e. The molecule has 0 aromatic heterocycles. The molecule has 1 fully saturated rings. The Morgan fingerprint density at radius 1 is 1.69 bits per heavy atom. The highest BCUT2D eigenvalue weighted by atomic mass is 16.2. The smallest absolute Gasteiger partial charge is 0.312 e. The van der Waals surface area contributed by atoms with Crippen molar-refractivity contribution in [3.63, 3.8) is 0 Å². The first kappa shape index (κ1) is 10.3. The summed E-state index contributed by atoms with van der Waals surface area (Å²) in [7, 11) is 0. The Balaban J connectivity index is 2.41. The standard InChI is InChI=1S/C9H19N3O/c1-9(2)4-3-5-11-7(9)6-12-8(10)13/h7,11H,3-6H2,1-2H3,(H3,10,12,13). The number of nitrogens with two attached hydrogens (primary N) is 1. The first-order chi connectivity index (χ1) is 6.02. The molecule has 0 bridgehead atoms. The second kappa shape index (κ2) is 3.96. The summed E-state index contributed by atoms with van der Waals surface area (Å²) >= 11 is 0. The summed E-state index contributed by atoms with van der Waals surface area (Å²) in [5.41, 5.74) is 5.27. The number of hydrogen-bond donors (Lipinski definition) is 3. The molecule has 1 aliphatic heterocycles. The Kier molecular flexibility index (Phi) is 3.14. The molecule has 4 nitrogen and oxygen atoms in total. The summed E-state index contributed by atoms with van der Waals surface area (Å²) in [6.07, 6.45) is 2.41. The zero-order valence-electron chi connectivity index (χ0n) is 8.39. The molecular formula is C9H19N3O. The van der Waals surface area contributed by atoms with Crippen molar-refractivity contribution in [2.45, 2.75) is 32.7 Å². The van der Waals surface area contributed by atoms with Crippen molar-refractivity contribution in [2.24, 2.45) is 11.1 Å². The number of urea groups is 1. The molecule has 76 valence electrons. The molecule has 0 radical (unpaired) electrons. The number of hydrogen-bond acceptors (Lipinski definition) is 2. The Bertz CT molecular complexity index is 191. The van der Waals surface area contributed by atoms with Gasteiger partial charge in [0.25, 0.3) is 0 Å². The van der Waals surface area contributed by atoms with Crippen LogP contribution in [0.3, 0.4) is 0 Å². The van der Waals surface area contributed by atoms with Gasteiger partial charge in [-0.15, -0.1) is 0 Å². The van der Waals surface area contributed by atoms with E-state index in [2.05, 4.69) is 24.5 Å². The predicted molar refractivity (Wildman–Crippen MR) is 52.4 cm³/mol. The summed E-state index contributed by atoms with van der Waals surface area (Å²) in [6.45, 7) is 6.09. The van der Waals surface area contributed by atoms with Gasteiger partial charge in [0.05, 0.1) is 0 Å². The molecule has 1 heterocycles. The maximum atomic E-state index is 10.5. The maximum Gasteiger partial charge on any atom is 0.312 e. The van der Waals surface area contributed by atoms with E-state index >= 15 is 0 Å². The topological polar surface area (TPSA) is 67.2 Å². The zero-order chi connectivity index (χ0) is 9.90.